The molecule has 28 heavy (non-hydrogen) atoms. The van der Waals surface area contributed by atoms with Crippen molar-refractivity contribution in [3.63, 3.8) is 0 Å². The van der Waals surface area contributed by atoms with Crippen LogP contribution in [0.1, 0.15) is 25.7 Å². The van der Waals surface area contributed by atoms with E-state index in [0.717, 1.165) is 36.5 Å². The molecule has 3 aromatic rings. The number of phenolic OH excluding ortho intramolecular Hbond substituents is 1. The van der Waals surface area contributed by atoms with Gasteiger partial charge in [-0.3, -0.25) is 4.98 Å². The zero-order chi connectivity index (χ0) is 19.3. The number of halogens is 1. The molecule has 0 saturated heterocycles. The Morgan fingerprint density at radius 1 is 1.07 bits per heavy atom. The fourth-order valence-electron chi connectivity index (χ4n) is 4.93. The molecule has 2 heterocycles. The number of hydrogen-bond donors (Lipinski definition) is 1. The fraction of sp³-hybridized carbons (Fsp3) is 0.409. The number of rotatable bonds is 3. The van der Waals surface area contributed by atoms with Crippen LogP contribution in [0.4, 0.5) is 10.2 Å². The molecule has 1 N–H and O–H groups in total. The molecule has 1 aromatic carbocycles. The lowest BCUT2D eigenvalue weighted by molar-refractivity contribution is 0.144. The van der Waals surface area contributed by atoms with E-state index >= 15 is 0 Å². The van der Waals surface area contributed by atoms with Crippen molar-refractivity contribution in [2.24, 2.45) is 11.8 Å². The number of aromatic nitrogens is 3. The summed E-state index contributed by atoms with van der Waals surface area (Å²) < 4.78 is 14.9. The standard InChI is InChI=1S/C22H23FN4O/c1-27(19-9-13-2-3-15(8-13)22(19)23)21-5-4-18(25-26-21)17-10-16-12-24-7-6-14(16)11-20(17)28/h4-7,10-13,15,19,22,28H,2-3,8-9H2,1H3/t13-,15+,19+,22-/m1/s1. The Kier molecular flexibility index (Phi) is 4.14. The number of pyridine rings is 1. The molecular formula is C22H23FN4O. The molecule has 0 aliphatic heterocycles. The Balaban J connectivity index is 1.42. The Bertz CT molecular complexity index is 1010. The second-order valence-corrected chi connectivity index (χ2v) is 8.17. The molecule has 2 bridgehead atoms. The molecule has 5 rings (SSSR count). The Hall–Kier alpha value is -2.76. The summed E-state index contributed by atoms with van der Waals surface area (Å²) in [6.45, 7) is 0. The van der Waals surface area contributed by atoms with Gasteiger partial charge in [-0.1, -0.05) is 0 Å². The van der Waals surface area contributed by atoms with Crippen LogP contribution in [-0.2, 0) is 0 Å². The summed E-state index contributed by atoms with van der Waals surface area (Å²) in [7, 11) is 1.91. The highest BCUT2D eigenvalue weighted by molar-refractivity contribution is 5.89. The number of fused-ring (bicyclic) bond motifs is 3. The Labute approximate surface area is 163 Å². The van der Waals surface area contributed by atoms with Gasteiger partial charge >= 0.3 is 0 Å². The van der Waals surface area contributed by atoms with Gasteiger partial charge in [0.15, 0.2) is 5.82 Å². The normalized spacial score (nSPS) is 26.5. The van der Waals surface area contributed by atoms with Crippen LogP contribution in [0.25, 0.3) is 22.0 Å². The highest BCUT2D eigenvalue weighted by Gasteiger charge is 2.44. The third-order valence-corrected chi connectivity index (χ3v) is 6.51. The van der Waals surface area contributed by atoms with Crippen molar-refractivity contribution < 1.29 is 9.50 Å². The molecule has 2 aliphatic carbocycles. The van der Waals surface area contributed by atoms with E-state index in [1.807, 2.05) is 36.2 Å². The molecule has 2 aromatic heterocycles. The second kappa shape index (κ2) is 6.69. The van der Waals surface area contributed by atoms with Crippen molar-refractivity contribution in [2.45, 2.75) is 37.9 Å². The lowest BCUT2D eigenvalue weighted by atomic mass is 9.83. The zero-order valence-electron chi connectivity index (χ0n) is 15.8. The van der Waals surface area contributed by atoms with Crippen LogP contribution in [0, 0.1) is 11.8 Å². The van der Waals surface area contributed by atoms with E-state index in [4.69, 9.17) is 0 Å². The summed E-state index contributed by atoms with van der Waals surface area (Å²) in [5, 5.41) is 20.9. The minimum atomic E-state index is -0.803. The molecule has 144 valence electrons. The topological polar surface area (TPSA) is 62.1 Å². The van der Waals surface area contributed by atoms with Crippen LogP contribution in [0.5, 0.6) is 5.75 Å². The van der Waals surface area contributed by atoms with Gasteiger partial charge < -0.3 is 10.0 Å². The van der Waals surface area contributed by atoms with Crippen LogP contribution in [0.3, 0.4) is 0 Å². The molecule has 0 radical (unpaired) electrons. The van der Waals surface area contributed by atoms with Crippen molar-refractivity contribution in [2.75, 3.05) is 11.9 Å². The van der Waals surface area contributed by atoms with Gasteiger partial charge in [0.2, 0.25) is 0 Å². The SMILES string of the molecule is CN(c1ccc(-c2cc3cnccc3cc2O)nn1)[C@H]1C[C@@H]2CC[C@@H](C2)[C@H]1F. The van der Waals surface area contributed by atoms with Gasteiger partial charge in [0.1, 0.15) is 11.9 Å². The number of hydrogen-bond acceptors (Lipinski definition) is 5. The van der Waals surface area contributed by atoms with E-state index in [2.05, 4.69) is 15.2 Å². The molecule has 0 spiro atoms. The molecular weight excluding hydrogens is 355 g/mol. The molecule has 5 nitrogen and oxygen atoms in total. The lowest BCUT2D eigenvalue weighted by Crippen LogP contribution is -2.46. The summed E-state index contributed by atoms with van der Waals surface area (Å²) >= 11 is 0. The predicted molar refractivity (Wildman–Crippen MR) is 107 cm³/mol. The molecule has 2 fully saturated rings. The van der Waals surface area contributed by atoms with Gasteiger partial charge in [-0.25, -0.2) is 4.39 Å². The van der Waals surface area contributed by atoms with Crippen molar-refractivity contribution >= 4 is 16.6 Å². The Morgan fingerprint density at radius 2 is 1.96 bits per heavy atom. The van der Waals surface area contributed by atoms with Gasteiger partial charge in [-0.15, -0.1) is 10.2 Å². The highest BCUT2D eigenvalue weighted by Crippen LogP contribution is 2.45. The minimum absolute atomic E-state index is 0.133. The number of aromatic hydroxyl groups is 1. The molecule has 2 aliphatic rings. The summed E-state index contributed by atoms with van der Waals surface area (Å²) in [6, 6.07) is 8.99. The first-order valence-electron chi connectivity index (χ1n) is 9.88. The van der Waals surface area contributed by atoms with E-state index in [1.165, 1.54) is 0 Å². The summed E-state index contributed by atoms with van der Waals surface area (Å²) in [5.41, 5.74) is 1.20. The predicted octanol–water partition coefficient (Wildman–Crippen LogP) is 4.36. The molecule has 0 unspecified atom stereocenters. The van der Waals surface area contributed by atoms with Crippen molar-refractivity contribution in [1.82, 2.24) is 15.2 Å². The number of alkyl halides is 1. The van der Waals surface area contributed by atoms with Gasteiger partial charge in [0.05, 0.1) is 11.7 Å². The maximum atomic E-state index is 14.9. The van der Waals surface area contributed by atoms with Crippen molar-refractivity contribution in [3.8, 4) is 17.0 Å². The van der Waals surface area contributed by atoms with E-state index in [0.29, 0.717) is 23.0 Å². The number of phenols is 1. The summed E-state index contributed by atoms with van der Waals surface area (Å²) in [5.74, 6) is 1.66. The molecule has 0 amide bonds. The lowest BCUT2D eigenvalue weighted by Gasteiger charge is -2.38. The van der Waals surface area contributed by atoms with E-state index in [9.17, 15) is 9.50 Å². The largest absolute Gasteiger partial charge is 0.507 e. The van der Waals surface area contributed by atoms with E-state index in [1.54, 1.807) is 18.5 Å². The maximum Gasteiger partial charge on any atom is 0.151 e. The van der Waals surface area contributed by atoms with Gasteiger partial charge in [0.25, 0.3) is 0 Å². The third-order valence-electron chi connectivity index (χ3n) is 6.51. The number of nitrogens with zero attached hydrogens (tertiary/aromatic N) is 4. The summed E-state index contributed by atoms with van der Waals surface area (Å²) in [4.78, 5) is 6.07. The third kappa shape index (κ3) is 2.87. The average molecular weight is 378 g/mol. The number of anilines is 1. The first kappa shape index (κ1) is 17.3. The monoisotopic (exact) mass is 378 g/mol. The fourth-order valence-corrected chi connectivity index (χ4v) is 4.93. The first-order chi connectivity index (χ1) is 13.6. The van der Waals surface area contributed by atoms with Crippen LogP contribution < -0.4 is 4.90 Å². The zero-order valence-corrected chi connectivity index (χ0v) is 15.8. The highest BCUT2D eigenvalue weighted by atomic mass is 19.1. The first-order valence-corrected chi connectivity index (χ1v) is 9.88. The van der Waals surface area contributed by atoms with Gasteiger partial charge in [0, 0.05) is 30.4 Å². The molecule has 6 heteroatoms. The van der Waals surface area contributed by atoms with Crippen molar-refractivity contribution in [1.29, 1.82) is 0 Å². The molecule has 2 saturated carbocycles. The van der Waals surface area contributed by atoms with E-state index in [-0.39, 0.29) is 17.7 Å². The molecule has 4 atom stereocenters. The minimum Gasteiger partial charge on any atom is -0.507 e. The van der Waals surface area contributed by atoms with E-state index < -0.39 is 6.17 Å². The van der Waals surface area contributed by atoms with Crippen LogP contribution >= 0.6 is 0 Å². The van der Waals surface area contributed by atoms with Crippen molar-refractivity contribution in [3.05, 3.63) is 42.7 Å². The average Bonchev–Trinajstić information content (AvgIpc) is 3.13. The maximum absolute atomic E-state index is 14.9. The van der Waals surface area contributed by atoms with Gasteiger partial charge in [-0.05, 0) is 73.2 Å². The quantitative estimate of drug-likeness (QED) is 0.734. The van der Waals surface area contributed by atoms with Crippen LogP contribution in [0.15, 0.2) is 42.7 Å². The Morgan fingerprint density at radius 3 is 2.79 bits per heavy atom. The second-order valence-electron chi connectivity index (χ2n) is 8.17. The summed E-state index contributed by atoms with van der Waals surface area (Å²) in [6.07, 6.45) is 6.73. The smallest absolute Gasteiger partial charge is 0.151 e. The van der Waals surface area contributed by atoms with Crippen LogP contribution in [-0.4, -0.2) is 39.5 Å². The van der Waals surface area contributed by atoms with Gasteiger partial charge in [-0.2, -0.15) is 0 Å². The van der Waals surface area contributed by atoms with Crippen LogP contribution in [0.2, 0.25) is 0 Å². The number of benzene rings is 1.